The average Bonchev–Trinajstić information content (AvgIpc) is 3.67. The maximum atomic E-state index is 14.9. The first kappa shape index (κ1) is 26.2. The maximum Gasteiger partial charge on any atom is 0.197 e. The van der Waals surface area contributed by atoms with Crippen LogP contribution in [-0.4, -0.2) is 61.5 Å². The number of tetrazole rings is 1. The fourth-order valence-corrected chi connectivity index (χ4v) is 5.75. The number of piperidine rings is 1. The van der Waals surface area contributed by atoms with Gasteiger partial charge in [0.15, 0.2) is 16.7 Å². The SMILES string of the molecule is COc1ccc(Cn2nnc(/C=C3\CN(C(C(=O)C4CC4)c4ccccc4F)CCC3SC(C)=O)n2)cc1. The van der Waals surface area contributed by atoms with Gasteiger partial charge >= 0.3 is 0 Å². The minimum Gasteiger partial charge on any atom is -0.497 e. The lowest BCUT2D eigenvalue weighted by molar-refractivity contribution is -0.126. The lowest BCUT2D eigenvalue weighted by Crippen LogP contribution is -2.43. The number of carbonyl (C=O) groups is 2. The smallest absolute Gasteiger partial charge is 0.197 e. The molecule has 1 aromatic heterocycles. The molecule has 2 aliphatic rings. The van der Waals surface area contributed by atoms with E-state index in [0.29, 0.717) is 37.4 Å². The first-order valence-corrected chi connectivity index (χ1v) is 13.6. The Labute approximate surface area is 225 Å². The van der Waals surface area contributed by atoms with Crippen molar-refractivity contribution in [2.45, 2.75) is 44.0 Å². The van der Waals surface area contributed by atoms with Gasteiger partial charge in [0.05, 0.1) is 19.7 Å². The summed E-state index contributed by atoms with van der Waals surface area (Å²) in [5, 5.41) is 12.9. The van der Waals surface area contributed by atoms with Gasteiger partial charge in [-0.15, -0.1) is 10.2 Å². The molecule has 3 aromatic rings. The lowest BCUT2D eigenvalue weighted by Gasteiger charge is -2.38. The van der Waals surface area contributed by atoms with Crippen LogP contribution in [0.3, 0.4) is 0 Å². The van der Waals surface area contributed by atoms with E-state index >= 15 is 0 Å². The summed E-state index contributed by atoms with van der Waals surface area (Å²) in [7, 11) is 1.62. The summed E-state index contributed by atoms with van der Waals surface area (Å²) in [5.74, 6) is 0.878. The van der Waals surface area contributed by atoms with Crippen LogP contribution in [0.15, 0.2) is 54.1 Å². The Morgan fingerprint density at radius 2 is 1.92 bits per heavy atom. The maximum absolute atomic E-state index is 14.9. The first-order valence-electron chi connectivity index (χ1n) is 12.7. The van der Waals surface area contributed by atoms with E-state index in [-0.39, 0.29) is 27.9 Å². The largest absolute Gasteiger partial charge is 0.497 e. The van der Waals surface area contributed by atoms with E-state index in [0.717, 1.165) is 29.7 Å². The summed E-state index contributed by atoms with van der Waals surface area (Å²) < 4.78 is 20.1. The Bertz CT molecular complexity index is 1340. The quantitative estimate of drug-likeness (QED) is 0.400. The number of ketones is 1. The van der Waals surface area contributed by atoms with Crippen molar-refractivity contribution in [3.8, 4) is 5.75 Å². The van der Waals surface area contributed by atoms with Gasteiger partial charge < -0.3 is 4.74 Å². The number of hydrogen-bond donors (Lipinski definition) is 0. The van der Waals surface area contributed by atoms with E-state index in [1.807, 2.05) is 35.2 Å². The number of hydrogen-bond acceptors (Lipinski definition) is 8. The molecule has 2 heterocycles. The predicted molar refractivity (Wildman–Crippen MR) is 143 cm³/mol. The fourth-order valence-electron chi connectivity index (χ4n) is 4.84. The minimum absolute atomic E-state index is 0.0177. The average molecular weight is 536 g/mol. The molecule has 10 heteroatoms. The summed E-state index contributed by atoms with van der Waals surface area (Å²) in [4.78, 5) is 28.9. The number of rotatable bonds is 9. The van der Waals surface area contributed by atoms with Crippen LogP contribution in [-0.2, 0) is 16.1 Å². The zero-order valence-corrected chi connectivity index (χ0v) is 22.2. The molecular weight excluding hydrogens is 505 g/mol. The number of methoxy groups -OCH3 is 1. The molecule has 0 N–H and O–H groups in total. The Balaban J connectivity index is 1.40. The monoisotopic (exact) mass is 535 g/mol. The van der Waals surface area contributed by atoms with Crippen molar-refractivity contribution in [2.24, 2.45) is 5.92 Å². The second kappa shape index (κ2) is 11.6. The number of carbonyl (C=O) groups excluding carboxylic acids is 2. The number of thioether (sulfide) groups is 1. The zero-order chi connectivity index (χ0) is 26.6. The topological polar surface area (TPSA) is 90.2 Å². The van der Waals surface area contributed by atoms with Crippen molar-refractivity contribution in [3.63, 3.8) is 0 Å². The molecular formula is C28H30FN5O3S. The Hall–Kier alpha value is -3.37. The van der Waals surface area contributed by atoms with Gasteiger partial charge in [-0.05, 0) is 59.9 Å². The van der Waals surface area contributed by atoms with Gasteiger partial charge in [0.25, 0.3) is 0 Å². The van der Waals surface area contributed by atoms with Crippen LogP contribution < -0.4 is 4.74 Å². The van der Waals surface area contributed by atoms with Crippen LogP contribution in [0.2, 0.25) is 0 Å². The summed E-state index contributed by atoms with van der Waals surface area (Å²) in [5.41, 5.74) is 2.33. The van der Waals surface area contributed by atoms with E-state index in [2.05, 4.69) is 15.4 Å². The van der Waals surface area contributed by atoms with Crippen LogP contribution in [0.1, 0.15) is 49.2 Å². The third-order valence-corrected chi connectivity index (χ3v) is 8.02. The number of aromatic nitrogens is 4. The van der Waals surface area contributed by atoms with E-state index in [9.17, 15) is 14.0 Å². The molecule has 0 spiro atoms. The molecule has 0 radical (unpaired) electrons. The second-order valence-corrected chi connectivity index (χ2v) is 11.1. The highest BCUT2D eigenvalue weighted by Crippen LogP contribution is 2.40. The molecule has 8 nitrogen and oxygen atoms in total. The van der Waals surface area contributed by atoms with Crippen LogP contribution in [0.25, 0.3) is 6.08 Å². The van der Waals surface area contributed by atoms with Gasteiger partial charge in [-0.2, -0.15) is 4.80 Å². The Kier molecular flexibility index (Phi) is 7.99. The summed E-state index contributed by atoms with van der Waals surface area (Å²) >= 11 is 1.27. The zero-order valence-electron chi connectivity index (χ0n) is 21.4. The molecule has 5 rings (SSSR count). The first-order chi connectivity index (χ1) is 18.4. The van der Waals surface area contributed by atoms with Crippen molar-refractivity contribution < 1.29 is 18.7 Å². The molecule has 1 saturated carbocycles. The molecule has 2 atom stereocenters. The number of ether oxygens (including phenoxy) is 1. The van der Waals surface area contributed by atoms with E-state index in [1.54, 1.807) is 32.2 Å². The molecule has 2 aromatic carbocycles. The highest BCUT2D eigenvalue weighted by Gasteiger charge is 2.41. The van der Waals surface area contributed by atoms with Gasteiger partial charge in [-0.3, -0.25) is 14.5 Å². The van der Waals surface area contributed by atoms with E-state index in [4.69, 9.17) is 4.74 Å². The molecule has 1 aliphatic carbocycles. The van der Waals surface area contributed by atoms with Crippen molar-refractivity contribution in [1.82, 2.24) is 25.1 Å². The van der Waals surface area contributed by atoms with Gasteiger partial charge in [-0.1, -0.05) is 42.1 Å². The highest BCUT2D eigenvalue weighted by molar-refractivity contribution is 8.14. The van der Waals surface area contributed by atoms with Crippen LogP contribution in [0.5, 0.6) is 5.75 Å². The number of Topliss-reactive ketones (excluding diaryl/α,β-unsaturated/α-hetero) is 1. The lowest BCUT2D eigenvalue weighted by atomic mass is 9.93. The Morgan fingerprint density at radius 3 is 2.61 bits per heavy atom. The van der Waals surface area contributed by atoms with Crippen molar-refractivity contribution >= 4 is 28.7 Å². The minimum atomic E-state index is -0.658. The molecule has 2 unspecified atom stereocenters. The molecule has 1 aliphatic heterocycles. The van der Waals surface area contributed by atoms with Crippen LogP contribution in [0, 0.1) is 11.7 Å². The van der Waals surface area contributed by atoms with Gasteiger partial charge in [0.2, 0.25) is 0 Å². The van der Waals surface area contributed by atoms with Crippen molar-refractivity contribution in [3.05, 3.63) is 76.9 Å². The van der Waals surface area contributed by atoms with Gasteiger partial charge in [-0.25, -0.2) is 4.39 Å². The van der Waals surface area contributed by atoms with Gasteiger partial charge in [0, 0.05) is 36.7 Å². The Morgan fingerprint density at radius 1 is 1.16 bits per heavy atom. The van der Waals surface area contributed by atoms with Crippen LogP contribution in [0.4, 0.5) is 4.39 Å². The molecule has 2 fully saturated rings. The fraction of sp³-hybridized carbons (Fsp3) is 0.393. The molecule has 0 amide bonds. The summed E-state index contributed by atoms with van der Waals surface area (Å²) in [6, 6.07) is 13.5. The molecule has 198 valence electrons. The number of nitrogens with zero attached hydrogens (tertiary/aromatic N) is 5. The third-order valence-electron chi connectivity index (χ3n) is 6.87. The number of halogens is 1. The van der Waals surface area contributed by atoms with E-state index in [1.165, 1.54) is 22.6 Å². The predicted octanol–water partition coefficient (Wildman–Crippen LogP) is 4.33. The molecule has 1 saturated heterocycles. The van der Waals surface area contributed by atoms with E-state index < -0.39 is 6.04 Å². The third kappa shape index (κ3) is 6.19. The van der Waals surface area contributed by atoms with Crippen LogP contribution >= 0.6 is 11.8 Å². The van der Waals surface area contributed by atoms with Gasteiger partial charge in [0.1, 0.15) is 11.6 Å². The summed E-state index contributed by atoms with van der Waals surface area (Å²) in [6.07, 6.45) is 4.21. The molecule has 38 heavy (non-hydrogen) atoms. The number of benzene rings is 2. The summed E-state index contributed by atoms with van der Waals surface area (Å²) in [6.45, 7) is 2.99. The highest BCUT2D eigenvalue weighted by atomic mass is 32.2. The second-order valence-electron chi connectivity index (χ2n) is 9.70. The van der Waals surface area contributed by atoms with Crippen molar-refractivity contribution in [1.29, 1.82) is 0 Å². The van der Waals surface area contributed by atoms with Crippen molar-refractivity contribution in [2.75, 3.05) is 20.2 Å². The standard InChI is InChI=1S/C28H30FN5O3S/c1-18(35)38-25-13-14-33(27(28(36)20-9-10-20)23-5-3-4-6-24(23)29)17-21(25)15-26-30-32-34(31-26)16-19-7-11-22(37-2)12-8-19/h3-8,11-12,15,20,25,27H,9-10,13-14,16-17H2,1-2H3/b21-15+. The number of likely N-dealkylation sites (tertiary alicyclic amines) is 1. The molecule has 0 bridgehead atoms. The normalized spacial score (nSPS) is 19.9.